The van der Waals surface area contributed by atoms with Crippen LogP contribution < -0.4 is 15.8 Å². The van der Waals surface area contributed by atoms with Gasteiger partial charge in [-0.2, -0.15) is 0 Å². The van der Waals surface area contributed by atoms with Gasteiger partial charge in [-0.1, -0.05) is 23.7 Å². The van der Waals surface area contributed by atoms with E-state index in [9.17, 15) is 4.79 Å². The number of nitrogens with one attached hydrogen (secondary N) is 1. The smallest absolute Gasteiger partial charge is 0.231 e. The minimum atomic E-state index is -0.300. The monoisotopic (exact) mass is 311 g/mol. The number of ether oxygens (including phenoxy) is 1. The van der Waals surface area contributed by atoms with Crippen LogP contribution in [0, 0.1) is 0 Å². The molecule has 1 fully saturated rings. The fourth-order valence-electron chi connectivity index (χ4n) is 2.60. The quantitative estimate of drug-likeness (QED) is 0.795. The van der Waals surface area contributed by atoms with Gasteiger partial charge in [-0.15, -0.1) is 0 Å². The molecule has 5 nitrogen and oxygen atoms in total. The van der Waals surface area contributed by atoms with Crippen LogP contribution in [0.5, 0.6) is 5.75 Å². The molecule has 2 rings (SSSR count). The number of primary amides is 1. The Kier molecular flexibility index (Phi) is 6.29. The third kappa shape index (κ3) is 5.19. The first kappa shape index (κ1) is 16.1. The van der Waals surface area contributed by atoms with E-state index in [0.717, 1.165) is 25.9 Å². The third-order valence-corrected chi connectivity index (χ3v) is 3.97. The van der Waals surface area contributed by atoms with Crippen LogP contribution in [0.3, 0.4) is 0 Å². The predicted molar refractivity (Wildman–Crippen MR) is 83.6 cm³/mol. The fraction of sp³-hybridized carbons (Fsp3) is 0.533. The van der Waals surface area contributed by atoms with Gasteiger partial charge in [-0.3, -0.25) is 9.69 Å². The van der Waals surface area contributed by atoms with Gasteiger partial charge in [0.25, 0.3) is 0 Å². The molecular formula is C15H22ClN3O2. The van der Waals surface area contributed by atoms with E-state index in [-0.39, 0.29) is 12.5 Å². The number of carbonyl (C=O) groups is 1. The van der Waals surface area contributed by atoms with Crippen LogP contribution in [-0.2, 0) is 4.79 Å². The molecule has 1 aromatic carbocycles. The van der Waals surface area contributed by atoms with Crippen molar-refractivity contribution in [3.8, 4) is 5.75 Å². The second kappa shape index (κ2) is 8.22. The summed E-state index contributed by atoms with van der Waals surface area (Å²) in [5, 5.41) is 3.92. The van der Waals surface area contributed by atoms with Crippen LogP contribution in [0.25, 0.3) is 0 Å². The predicted octanol–water partition coefficient (Wildman–Crippen LogP) is 1.26. The molecule has 1 aliphatic rings. The Balaban J connectivity index is 1.86. The Hall–Kier alpha value is -1.30. The van der Waals surface area contributed by atoms with Crippen molar-refractivity contribution in [3.05, 3.63) is 29.3 Å². The number of benzene rings is 1. The Morgan fingerprint density at radius 3 is 2.76 bits per heavy atom. The SMILES string of the molecule is NC(=O)CN(CCOc1ccccc1Cl)C1CCNCC1. The molecule has 1 aromatic rings. The zero-order valence-corrected chi connectivity index (χ0v) is 12.8. The van der Waals surface area contributed by atoms with Gasteiger partial charge in [0.05, 0.1) is 11.6 Å². The molecule has 6 heteroatoms. The first-order valence-corrected chi connectivity index (χ1v) is 7.65. The largest absolute Gasteiger partial charge is 0.491 e. The topological polar surface area (TPSA) is 67.6 Å². The molecule has 1 amide bonds. The second-order valence-corrected chi connectivity index (χ2v) is 5.60. The number of hydrogen-bond donors (Lipinski definition) is 2. The van der Waals surface area contributed by atoms with Crippen LogP contribution >= 0.6 is 11.6 Å². The maximum atomic E-state index is 11.2. The van der Waals surface area contributed by atoms with Gasteiger partial charge < -0.3 is 15.8 Å². The van der Waals surface area contributed by atoms with Crippen molar-refractivity contribution in [3.63, 3.8) is 0 Å². The number of piperidine rings is 1. The number of nitrogens with zero attached hydrogens (tertiary/aromatic N) is 1. The summed E-state index contributed by atoms with van der Waals surface area (Å²) >= 11 is 6.05. The molecule has 0 unspecified atom stereocenters. The van der Waals surface area contributed by atoms with E-state index in [1.807, 2.05) is 18.2 Å². The summed E-state index contributed by atoms with van der Waals surface area (Å²) in [5.41, 5.74) is 5.35. The minimum absolute atomic E-state index is 0.274. The van der Waals surface area contributed by atoms with E-state index >= 15 is 0 Å². The summed E-state index contributed by atoms with van der Waals surface area (Å²) in [5.74, 6) is 0.370. The molecular weight excluding hydrogens is 290 g/mol. The lowest BCUT2D eigenvalue weighted by atomic mass is 10.0. The van der Waals surface area contributed by atoms with E-state index in [1.54, 1.807) is 6.07 Å². The highest BCUT2D eigenvalue weighted by Gasteiger charge is 2.22. The molecule has 21 heavy (non-hydrogen) atoms. The van der Waals surface area contributed by atoms with Gasteiger partial charge in [-0.25, -0.2) is 0 Å². The zero-order chi connectivity index (χ0) is 15.1. The molecule has 0 aliphatic carbocycles. The number of hydrogen-bond acceptors (Lipinski definition) is 4. The van der Waals surface area contributed by atoms with Gasteiger partial charge in [0.2, 0.25) is 5.91 Å². The van der Waals surface area contributed by atoms with Gasteiger partial charge in [0, 0.05) is 12.6 Å². The Morgan fingerprint density at radius 2 is 2.10 bits per heavy atom. The number of para-hydroxylation sites is 1. The number of rotatable bonds is 7. The standard InChI is InChI=1S/C15H22ClN3O2/c16-13-3-1-2-4-14(13)21-10-9-19(11-15(17)20)12-5-7-18-8-6-12/h1-4,12,18H,5-11H2,(H2,17,20). The summed E-state index contributed by atoms with van der Waals surface area (Å²) in [6.45, 7) is 3.38. The Bertz CT molecular complexity index is 464. The minimum Gasteiger partial charge on any atom is -0.491 e. The van der Waals surface area contributed by atoms with Crippen LogP contribution in [0.1, 0.15) is 12.8 Å². The summed E-state index contributed by atoms with van der Waals surface area (Å²) in [7, 11) is 0. The number of halogens is 1. The average molecular weight is 312 g/mol. The number of amides is 1. The lowest BCUT2D eigenvalue weighted by Crippen LogP contribution is -2.47. The van der Waals surface area contributed by atoms with Gasteiger partial charge >= 0.3 is 0 Å². The van der Waals surface area contributed by atoms with Crippen molar-refractivity contribution in [2.45, 2.75) is 18.9 Å². The van der Waals surface area contributed by atoms with Gasteiger partial charge in [0.1, 0.15) is 12.4 Å². The van der Waals surface area contributed by atoms with Crippen molar-refractivity contribution in [2.24, 2.45) is 5.73 Å². The highest BCUT2D eigenvalue weighted by atomic mass is 35.5. The summed E-state index contributed by atoms with van der Waals surface area (Å²) in [6, 6.07) is 7.77. The molecule has 0 radical (unpaired) electrons. The van der Waals surface area contributed by atoms with E-state index < -0.39 is 0 Å². The van der Waals surface area contributed by atoms with Crippen molar-refractivity contribution < 1.29 is 9.53 Å². The summed E-state index contributed by atoms with van der Waals surface area (Å²) in [6.07, 6.45) is 2.05. The average Bonchev–Trinajstić information content (AvgIpc) is 2.49. The molecule has 1 saturated heterocycles. The highest BCUT2D eigenvalue weighted by Crippen LogP contribution is 2.23. The highest BCUT2D eigenvalue weighted by molar-refractivity contribution is 6.32. The molecule has 3 N–H and O–H groups in total. The molecule has 0 aromatic heterocycles. The molecule has 1 aliphatic heterocycles. The Morgan fingerprint density at radius 1 is 1.38 bits per heavy atom. The van der Waals surface area contributed by atoms with E-state index in [1.165, 1.54) is 0 Å². The zero-order valence-electron chi connectivity index (χ0n) is 12.1. The van der Waals surface area contributed by atoms with E-state index in [0.29, 0.717) is 30.0 Å². The Labute approximate surface area is 130 Å². The van der Waals surface area contributed by atoms with Crippen LogP contribution in [-0.4, -0.2) is 49.6 Å². The van der Waals surface area contributed by atoms with Crippen molar-refractivity contribution in [1.82, 2.24) is 10.2 Å². The van der Waals surface area contributed by atoms with E-state index in [2.05, 4.69) is 10.2 Å². The van der Waals surface area contributed by atoms with Crippen LogP contribution in [0.4, 0.5) is 0 Å². The summed E-state index contributed by atoms with van der Waals surface area (Å²) in [4.78, 5) is 13.4. The second-order valence-electron chi connectivity index (χ2n) is 5.20. The molecule has 1 heterocycles. The van der Waals surface area contributed by atoms with Gasteiger partial charge in [0.15, 0.2) is 0 Å². The van der Waals surface area contributed by atoms with Gasteiger partial charge in [-0.05, 0) is 38.1 Å². The maximum absolute atomic E-state index is 11.2. The lowest BCUT2D eigenvalue weighted by molar-refractivity contribution is -0.119. The maximum Gasteiger partial charge on any atom is 0.231 e. The first-order valence-electron chi connectivity index (χ1n) is 7.27. The third-order valence-electron chi connectivity index (χ3n) is 3.66. The van der Waals surface area contributed by atoms with Crippen molar-refractivity contribution in [1.29, 1.82) is 0 Å². The fourth-order valence-corrected chi connectivity index (χ4v) is 2.79. The first-order chi connectivity index (χ1) is 10.2. The normalized spacial score (nSPS) is 16.1. The van der Waals surface area contributed by atoms with Crippen molar-refractivity contribution in [2.75, 3.05) is 32.8 Å². The van der Waals surface area contributed by atoms with Crippen molar-refractivity contribution >= 4 is 17.5 Å². The molecule has 0 saturated carbocycles. The number of carbonyl (C=O) groups excluding carboxylic acids is 1. The molecule has 0 bridgehead atoms. The number of nitrogens with two attached hydrogens (primary N) is 1. The summed E-state index contributed by atoms with van der Waals surface area (Å²) < 4.78 is 5.70. The van der Waals surface area contributed by atoms with E-state index in [4.69, 9.17) is 22.1 Å². The molecule has 0 atom stereocenters. The lowest BCUT2D eigenvalue weighted by Gasteiger charge is -2.33. The molecule has 0 spiro atoms. The van der Waals surface area contributed by atoms with Crippen LogP contribution in [0.2, 0.25) is 5.02 Å². The molecule has 116 valence electrons. The van der Waals surface area contributed by atoms with Crippen LogP contribution in [0.15, 0.2) is 24.3 Å².